The van der Waals surface area contributed by atoms with Crippen LogP contribution in [0.1, 0.15) is 32.3 Å². The standard InChI is InChI=1S/C13H17ClO3/c1-3-11(12(15)16)13(17,4-2)9-6-5-7-10(14)8-9/h5-8,11,17H,3-4H2,1-2H3,(H,15,16). The number of carboxylic acids is 1. The van der Waals surface area contributed by atoms with Crippen molar-refractivity contribution in [3.63, 3.8) is 0 Å². The van der Waals surface area contributed by atoms with Gasteiger partial charge in [-0.25, -0.2) is 0 Å². The predicted octanol–water partition coefficient (Wildman–Crippen LogP) is 3.05. The summed E-state index contributed by atoms with van der Waals surface area (Å²) in [5, 5.41) is 20.3. The second kappa shape index (κ2) is 5.52. The minimum atomic E-state index is -1.37. The summed E-state index contributed by atoms with van der Waals surface area (Å²) in [6, 6.07) is 6.74. The van der Waals surface area contributed by atoms with E-state index < -0.39 is 17.5 Å². The second-order valence-corrected chi connectivity index (χ2v) is 4.52. The molecule has 0 aliphatic carbocycles. The third-order valence-corrected chi connectivity index (χ3v) is 3.38. The zero-order chi connectivity index (χ0) is 13.1. The molecule has 0 saturated carbocycles. The Kier molecular flexibility index (Phi) is 4.54. The maximum absolute atomic E-state index is 11.2. The number of rotatable bonds is 5. The molecule has 0 aliphatic heterocycles. The van der Waals surface area contributed by atoms with Gasteiger partial charge in [0.15, 0.2) is 0 Å². The SMILES string of the molecule is CCC(C(=O)O)C(O)(CC)c1cccc(Cl)c1. The van der Waals surface area contributed by atoms with Gasteiger partial charge in [-0.2, -0.15) is 0 Å². The van der Waals surface area contributed by atoms with Crippen LogP contribution in [0.4, 0.5) is 0 Å². The molecule has 3 nitrogen and oxygen atoms in total. The van der Waals surface area contributed by atoms with Gasteiger partial charge in [0.1, 0.15) is 5.60 Å². The van der Waals surface area contributed by atoms with Crippen LogP contribution in [0, 0.1) is 5.92 Å². The van der Waals surface area contributed by atoms with E-state index in [4.69, 9.17) is 11.6 Å². The first-order valence-corrected chi connectivity index (χ1v) is 6.04. The molecule has 2 N–H and O–H groups in total. The molecule has 0 amide bonds. The molecule has 0 heterocycles. The van der Waals surface area contributed by atoms with Gasteiger partial charge < -0.3 is 10.2 Å². The van der Waals surface area contributed by atoms with Crippen LogP contribution in [0.5, 0.6) is 0 Å². The monoisotopic (exact) mass is 256 g/mol. The molecular weight excluding hydrogens is 240 g/mol. The molecule has 0 saturated heterocycles. The second-order valence-electron chi connectivity index (χ2n) is 4.09. The lowest BCUT2D eigenvalue weighted by molar-refractivity contribution is -0.153. The van der Waals surface area contributed by atoms with Crippen LogP contribution in [-0.4, -0.2) is 16.2 Å². The van der Waals surface area contributed by atoms with Gasteiger partial charge in [-0.15, -0.1) is 0 Å². The summed E-state index contributed by atoms with van der Waals surface area (Å²) >= 11 is 5.88. The van der Waals surface area contributed by atoms with Gasteiger partial charge in [-0.05, 0) is 30.5 Å². The van der Waals surface area contributed by atoms with Gasteiger partial charge >= 0.3 is 5.97 Å². The van der Waals surface area contributed by atoms with E-state index in [-0.39, 0.29) is 0 Å². The number of benzene rings is 1. The fourth-order valence-electron chi connectivity index (χ4n) is 2.13. The Balaban J connectivity index is 3.23. The highest BCUT2D eigenvalue weighted by Gasteiger charge is 2.40. The Morgan fingerprint density at radius 1 is 1.47 bits per heavy atom. The molecule has 0 fully saturated rings. The van der Waals surface area contributed by atoms with Crippen molar-refractivity contribution in [3.8, 4) is 0 Å². The highest BCUT2D eigenvalue weighted by Crippen LogP contribution is 2.36. The van der Waals surface area contributed by atoms with Crippen molar-refractivity contribution in [1.82, 2.24) is 0 Å². The van der Waals surface area contributed by atoms with Crippen molar-refractivity contribution in [1.29, 1.82) is 0 Å². The summed E-state index contributed by atoms with van der Waals surface area (Å²) in [7, 11) is 0. The number of hydrogen-bond donors (Lipinski definition) is 2. The maximum Gasteiger partial charge on any atom is 0.309 e. The van der Waals surface area contributed by atoms with Gasteiger partial charge in [0.05, 0.1) is 5.92 Å². The molecular formula is C13H17ClO3. The fourth-order valence-corrected chi connectivity index (χ4v) is 2.32. The van der Waals surface area contributed by atoms with Crippen LogP contribution in [-0.2, 0) is 10.4 Å². The first-order valence-electron chi connectivity index (χ1n) is 5.67. The average molecular weight is 257 g/mol. The molecule has 2 unspecified atom stereocenters. The number of aliphatic hydroxyl groups is 1. The molecule has 2 atom stereocenters. The minimum absolute atomic E-state index is 0.331. The zero-order valence-electron chi connectivity index (χ0n) is 9.98. The summed E-state index contributed by atoms with van der Waals surface area (Å²) < 4.78 is 0. The van der Waals surface area contributed by atoms with Gasteiger partial charge in [0.25, 0.3) is 0 Å². The van der Waals surface area contributed by atoms with Crippen LogP contribution >= 0.6 is 11.6 Å². The first kappa shape index (κ1) is 14.0. The molecule has 0 radical (unpaired) electrons. The third-order valence-electron chi connectivity index (χ3n) is 3.15. The summed E-state index contributed by atoms with van der Waals surface area (Å²) in [5.74, 6) is -1.82. The van der Waals surface area contributed by atoms with Crippen molar-refractivity contribution < 1.29 is 15.0 Å². The number of carbonyl (C=O) groups is 1. The van der Waals surface area contributed by atoms with Crippen LogP contribution in [0.2, 0.25) is 5.02 Å². The summed E-state index contributed by atoms with van der Waals surface area (Å²) in [4.78, 5) is 11.2. The fraction of sp³-hybridized carbons (Fsp3) is 0.462. The molecule has 4 heteroatoms. The topological polar surface area (TPSA) is 57.5 Å². The predicted molar refractivity (Wildman–Crippen MR) is 67.1 cm³/mol. The van der Waals surface area contributed by atoms with Gasteiger partial charge in [0.2, 0.25) is 0 Å². The molecule has 0 spiro atoms. The first-order chi connectivity index (χ1) is 7.95. The van der Waals surface area contributed by atoms with E-state index in [1.165, 1.54) is 0 Å². The zero-order valence-corrected chi connectivity index (χ0v) is 10.7. The lowest BCUT2D eigenvalue weighted by atomic mass is 9.78. The van der Waals surface area contributed by atoms with E-state index >= 15 is 0 Å². The number of hydrogen-bond acceptors (Lipinski definition) is 2. The van der Waals surface area contributed by atoms with Crippen LogP contribution in [0.25, 0.3) is 0 Å². The lowest BCUT2D eigenvalue weighted by Gasteiger charge is -2.33. The van der Waals surface area contributed by atoms with E-state index in [2.05, 4.69) is 0 Å². The minimum Gasteiger partial charge on any atom is -0.481 e. The highest BCUT2D eigenvalue weighted by molar-refractivity contribution is 6.30. The Bertz CT molecular complexity index is 405. The average Bonchev–Trinajstić information content (AvgIpc) is 2.29. The molecule has 94 valence electrons. The Morgan fingerprint density at radius 2 is 2.12 bits per heavy atom. The molecule has 0 aliphatic rings. The number of carboxylic acid groups (broad SMARTS) is 1. The maximum atomic E-state index is 11.2. The Morgan fingerprint density at radius 3 is 2.53 bits per heavy atom. The van der Waals surface area contributed by atoms with Crippen LogP contribution in [0.3, 0.4) is 0 Å². The van der Waals surface area contributed by atoms with Crippen molar-refractivity contribution in [3.05, 3.63) is 34.9 Å². The van der Waals surface area contributed by atoms with E-state index in [9.17, 15) is 15.0 Å². The molecule has 1 rings (SSSR count). The normalized spacial score (nSPS) is 16.2. The van der Waals surface area contributed by atoms with E-state index in [0.29, 0.717) is 23.4 Å². The van der Waals surface area contributed by atoms with Gasteiger partial charge in [-0.1, -0.05) is 37.6 Å². The number of aliphatic carboxylic acids is 1. The van der Waals surface area contributed by atoms with Crippen molar-refractivity contribution in [2.24, 2.45) is 5.92 Å². The third kappa shape index (κ3) is 2.79. The molecule has 0 bridgehead atoms. The molecule has 17 heavy (non-hydrogen) atoms. The largest absolute Gasteiger partial charge is 0.481 e. The molecule has 0 aromatic heterocycles. The highest BCUT2D eigenvalue weighted by atomic mass is 35.5. The summed E-state index contributed by atoms with van der Waals surface area (Å²) in [5.41, 5.74) is -0.812. The van der Waals surface area contributed by atoms with Crippen LogP contribution in [0.15, 0.2) is 24.3 Å². The summed E-state index contributed by atoms with van der Waals surface area (Å²) in [6.45, 7) is 3.52. The Hall–Kier alpha value is -1.06. The smallest absolute Gasteiger partial charge is 0.309 e. The van der Waals surface area contributed by atoms with Crippen molar-refractivity contribution in [2.75, 3.05) is 0 Å². The van der Waals surface area contributed by atoms with E-state index in [1.54, 1.807) is 38.1 Å². The Labute approximate surface area is 106 Å². The molecule has 1 aromatic carbocycles. The van der Waals surface area contributed by atoms with E-state index in [1.807, 2.05) is 0 Å². The molecule has 1 aromatic rings. The van der Waals surface area contributed by atoms with Gasteiger partial charge in [-0.3, -0.25) is 4.79 Å². The number of halogens is 1. The summed E-state index contributed by atoms with van der Waals surface area (Å²) in [6.07, 6.45) is 0.699. The van der Waals surface area contributed by atoms with Crippen molar-refractivity contribution >= 4 is 17.6 Å². The van der Waals surface area contributed by atoms with E-state index in [0.717, 1.165) is 0 Å². The van der Waals surface area contributed by atoms with Gasteiger partial charge in [0, 0.05) is 5.02 Å². The van der Waals surface area contributed by atoms with Crippen LogP contribution < -0.4 is 0 Å². The quantitative estimate of drug-likeness (QED) is 0.851. The lowest BCUT2D eigenvalue weighted by Crippen LogP contribution is -2.39. The van der Waals surface area contributed by atoms with Crippen molar-refractivity contribution in [2.45, 2.75) is 32.3 Å².